The lowest BCUT2D eigenvalue weighted by atomic mass is 10.4. The summed E-state index contributed by atoms with van der Waals surface area (Å²) in [6.45, 7) is 3.64. The Morgan fingerprint density at radius 3 is 2.36 bits per heavy atom. The van der Waals surface area contributed by atoms with E-state index in [4.69, 9.17) is 11.5 Å². The Morgan fingerprint density at radius 1 is 1.36 bits per heavy atom. The summed E-state index contributed by atoms with van der Waals surface area (Å²) < 4.78 is 0. The van der Waals surface area contributed by atoms with E-state index in [1.54, 1.807) is 0 Å². The van der Waals surface area contributed by atoms with Crippen LogP contribution in [0.3, 0.4) is 0 Å². The predicted molar refractivity (Wildman–Crippen MR) is 47.3 cm³/mol. The molecule has 1 fully saturated rings. The molecule has 0 aliphatic carbocycles. The van der Waals surface area contributed by atoms with E-state index in [9.17, 15) is 0 Å². The van der Waals surface area contributed by atoms with Gasteiger partial charge in [-0.2, -0.15) is 0 Å². The Hall–Kier alpha value is -0.520. The summed E-state index contributed by atoms with van der Waals surface area (Å²) in [6.07, 6.45) is 8.78. The molecule has 1 heterocycles. The molecule has 2 nitrogen and oxygen atoms in total. The van der Waals surface area contributed by atoms with Gasteiger partial charge in [0.1, 0.15) is 0 Å². The molecule has 0 bridgehead atoms. The first-order valence-corrected chi connectivity index (χ1v) is 4.04. The van der Waals surface area contributed by atoms with Crippen molar-refractivity contribution in [1.29, 1.82) is 0 Å². The second kappa shape index (κ2) is 7.59. The number of aliphatic hydroxyl groups excluding tert-OH is 1. The first-order chi connectivity index (χ1) is 5.43. The number of nitrogens with zero attached hydrogens (tertiary/aromatic N) is 1. The molecule has 1 rings (SSSR count). The highest BCUT2D eigenvalue weighted by Gasteiger charge is 2.08. The monoisotopic (exact) mass is 155 g/mol. The minimum atomic E-state index is 0.917. The Bertz CT molecular complexity index is 111. The molecule has 11 heavy (non-hydrogen) atoms. The molecular weight excluding hydrogens is 138 g/mol. The van der Waals surface area contributed by atoms with Crippen molar-refractivity contribution in [3.63, 3.8) is 0 Å². The highest BCUT2D eigenvalue weighted by atomic mass is 16.2. The van der Waals surface area contributed by atoms with Gasteiger partial charge in [-0.15, -0.1) is 12.3 Å². The second-order valence-electron chi connectivity index (χ2n) is 2.50. The maximum absolute atomic E-state index is 7.00. The van der Waals surface area contributed by atoms with E-state index in [1.807, 2.05) is 0 Å². The predicted octanol–water partition coefficient (Wildman–Crippen LogP) is 0.714. The van der Waals surface area contributed by atoms with Crippen molar-refractivity contribution in [2.75, 3.05) is 26.7 Å². The van der Waals surface area contributed by atoms with Crippen LogP contribution in [0.5, 0.6) is 0 Å². The summed E-state index contributed by atoms with van der Waals surface area (Å²) >= 11 is 0. The molecule has 0 spiro atoms. The van der Waals surface area contributed by atoms with E-state index >= 15 is 0 Å². The van der Waals surface area contributed by atoms with Gasteiger partial charge < -0.3 is 10.0 Å². The average Bonchev–Trinajstić information content (AvgIpc) is 2.57. The number of terminal acetylenes is 1. The minimum absolute atomic E-state index is 0.917. The van der Waals surface area contributed by atoms with Crippen LogP contribution in [-0.2, 0) is 0 Å². The number of likely N-dealkylation sites (tertiary alicyclic amines) is 1. The summed E-state index contributed by atoms with van der Waals surface area (Å²) in [5.41, 5.74) is 0. The average molecular weight is 155 g/mol. The zero-order valence-electron chi connectivity index (χ0n) is 7.21. The first kappa shape index (κ1) is 10.5. The lowest BCUT2D eigenvalue weighted by Gasteiger charge is -2.10. The van der Waals surface area contributed by atoms with Gasteiger partial charge in [-0.1, -0.05) is 0 Å². The molecule has 1 saturated heterocycles. The summed E-state index contributed by atoms with van der Waals surface area (Å²) in [7, 11) is 1.00. The number of hydrogen-bond acceptors (Lipinski definition) is 2. The van der Waals surface area contributed by atoms with Crippen molar-refractivity contribution in [2.45, 2.75) is 19.3 Å². The van der Waals surface area contributed by atoms with Crippen molar-refractivity contribution in [2.24, 2.45) is 0 Å². The third-order valence-corrected chi connectivity index (χ3v) is 1.77. The minimum Gasteiger partial charge on any atom is -0.400 e. The van der Waals surface area contributed by atoms with Crippen LogP contribution >= 0.6 is 0 Å². The van der Waals surface area contributed by atoms with Gasteiger partial charge in [0.05, 0.1) is 0 Å². The van der Waals surface area contributed by atoms with Crippen LogP contribution in [0.2, 0.25) is 0 Å². The van der Waals surface area contributed by atoms with Gasteiger partial charge in [-0.25, -0.2) is 0 Å². The molecule has 0 saturated carbocycles. The maximum Gasteiger partial charge on any atom is 0.0319 e. The van der Waals surface area contributed by atoms with Gasteiger partial charge in [0.25, 0.3) is 0 Å². The molecule has 0 aromatic rings. The SMILES string of the molecule is C#CCCN1CCCC1.CO. The Balaban J connectivity index is 0.000000461. The molecule has 64 valence electrons. The van der Waals surface area contributed by atoms with Crippen molar-refractivity contribution in [1.82, 2.24) is 4.90 Å². The van der Waals surface area contributed by atoms with Crippen molar-refractivity contribution in [3.8, 4) is 12.3 Å². The van der Waals surface area contributed by atoms with Crippen LogP contribution in [0.1, 0.15) is 19.3 Å². The van der Waals surface area contributed by atoms with Gasteiger partial charge in [0.15, 0.2) is 0 Å². The standard InChI is InChI=1S/C8H13N.CH4O/c1-2-3-6-9-7-4-5-8-9;1-2/h1H,3-8H2;2H,1H3. The van der Waals surface area contributed by atoms with Crippen molar-refractivity contribution in [3.05, 3.63) is 0 Å². The van der Waals surface area contributed by atoms with Gasteiger partial charge in [0, 0.05) is 20.1 Å². The normalized spacial score (nSPS) is 16.8. The summed E-state index contributed by atoms with van der Waals surface area (Å²) in [5.74, 6) is 2.65. The van der Waals surface area contributed by atoms with Gasteiger partial charge >= 0.3 is 0 Å². The molecule has 0 atom stereocenters. The lowest BCUT2D eigenvalue weighted by molar-refractivity contribution is 0.348. The first-order valence-electron chi connectivity index (χ1n) is 4.04. The third-order valence-electron chi connectivity index (χ3n) is 1.77. The van der Waals surface area contributed by atoms with E-state index in [-0.39, 0.29) is 0 Å². The van der Waals surface area contributed by atoms with E-state index < -0.39 is 0 Å². The highest BCUT2D eigenvalue weighted by Crippen LogP contribution is 2.06. The molecule has 1 aliphatic heterocycles. The molecule has 0 unspecified atom stereocenters. The second-order valence-corrected chi connectivity index (χ2v) is 2.50. The fraction of sp³-hybridized carbons (Fsp3) is 0.778. The highest BCUT2D eigenvalue weighted by molar-refractivity contribution is 4.85. The summed E-state index contributed by atoms with van der Waals surface area (Å²) in [5, 5.41) is 7.00. The Kier molecular flexibility index (Phi) is 7.23. The van der Waals surface area contributed by atoms with Gasteiger partial charge in [0.2, 0.25) is 0 Å². The fourth-order valence-corrected chi connectivity index (χ4v) is 1.23. The fourth-order valence-electron chi connectivity index (χ4n) is 1.23. The summed E-state index contributed by atoms with van der Waals surface area (Å²) in [4.78, 5) is 2.43. The van der Waals surface area contributed by atoms with Crippen molar-refractivity contribution < 1.29 is 5.11 Å². The van der Waals surface area contributed by atoms with E-state index in [1.165, 1.54) is 25.9 Å². The maximum atomic E-state index is 7.00. The Labute approximate surface area is 69.2 Å². The topological polar surface area (TPSA) is 23.5 Å². The zero-order chi connectivity index (χ0) is 8.53. The molecule has 1 aliphatic rings. The van der Waals surface area contributed by atoms with Crippen molar-refractivity contribution >= 4 is 0 Å². The summed E-state index contributed by atoms with van der Waals surface area (Å²) in [6, 6.07) is 0. The molecule has 1 N–H and O–H groups in total. The van der Waals surface area contributed by atoms with Crippen LogP contribution in [0.4, 0.5) is 0 Å². The smallest absolute Gasteiger partial charge is 0.0319 e. The van der Waals surface area contributed by atoms with Crippen LogP contribution in [0.15, 0.2) is 0 Å². The lowest BCUT2D eigenvalue weighted by Crippen LogP contribution is -2.19. The number of hydrogen-bond donors (Lipinski definition) is 1. The van der Waals surface area contributed by atoms with Crippen LogP contribution < -0.4 is 0 Å². The third kappa shape index (κ3) is 4.83. The molecular formula is C9H17NO. The molecule has 2 heteroatoms. The molecule has 0 aromatic heterocycles. The largest absolute Gasteiger partial charge is 0.400 e. The van der Waals surface area contributed by atoms with Crippen LogP contribution in [-0.4, -0.2) is 36.8 Å². The van der Waals surface area contributed by atoms with E-state index in [0.29, 0.717) is 0 Å². The van der Waals surface area contributed by atoms with E-state index in [0.717, 1.165) is 20.1 Å². The quantitative estimate of drug-likeness (QED) is 0.594. The van der Waals surface area contributed by atoms with Gasteiger partial charge in [-0.3, -0.25) is 0 Å². The molecule has 0 radical (unpaired) electrons. The Morgan fingerprint density at radius 2 is 1.91 bits per heavy atom. The molecule has 0 aromatic carbocycles. The van der Waals surface area contributed by atoms with Crippen LogP contribution in [0, 0.1) is 12.3 Å². The van der Waals surface area contributed by atoms with Crippen LogP contribution in [0.25, 0.3) is 0 Å². The molecule has 0 amide bonds. The van der Waals surface area contributed by atoms with E-state index in [2.05, 4.69) is 10.8 Å². The van der Waals surface area contributed by atoms with Gasteiger partial charge in [-0.05, 0) is 25.9 Å². The zero-order valence-corrected chi connectivity index (χ0v) is 7.21. The number of aliphatic hydroxyl groups is 1. The number of rotatable bonds is 2.